The summed E-state index contributed by atoms with van der Waals surface area (Å²) >= 11 is 11.6. The fourth-order valence-electron chi connectivity index (χ4n) is 2.96. The van der Waals surface area contributed by atoms with Crippen molar-refractivity contribution < 1.29 is 9.18 Å². The molecule has 10 heteroatoms. The van der Waals surface area contributed by atoms with Crippen LogP contribution in [0.3, 0.4) is 0 Å². The van der Waals surface area contributed by atoms with E-state index in [0.29, 0.717) is 11.4 Å². The molecule has 0 saturated carbocycles. The molecule has 3 heterocycles. The Labute approximate surface area is 185 Å². The van der Waals surface area contributed by atoms with Crippen molar-refractivity contribution >= 4 is 45.8 Å². The van der Waals surface area contributed by atoms with E-state index in [2.05, 4.69) is 20.4 Å². The number of benzene rings is 1. The Bertz CT molecular complexity index is 1400. The van der Waals surface area contributed by atoms with Gasteiger partial charge in [0.05, 0.1) is 17.4 Å². The average molecular weight is 458 g/mol. The molecule has 4 aromatic rings. The number of halogens is 3. The number of hydrogen-bond donors (Lipinski definition) is 1. The molecule has 1 aromatic carbocycles. The highest BCUT2D eigenvalue weighted by molar-refractivity contribution is 6.30. The summed E-state index contributed by atoms with van der Waals surface area (Å²) in [5, 5.41) is 7.16. The molecular weight excluding hydrogens is 444 g/mol. The molecule has 3 aromatic heterocycles. The minimum Gasteiger partial charge on any atom is -0.319 e. The van der Waals surface area contributed by atoms with Crippen LogP contribution in [0.4, 0.5) is 10.1 Å². The first kappa shape index (κ1) is 20.9. The van der Waals surface area contributed by atoms with E-state index in [9.17, 15) is 14.0 Å². The highest BCUT2D eigenvalue weighted by Gasteiger charge is 2.21. The van der Waals surface area contributed by atoms with Crippen LogP contribution in [0.15, 0.2) is 47.4 Å². The van der Waals surface area contributed by atoms with Gasteiger partial charge in [0.25, 0.3) is 5.91 Å². The Hall–Kier alpha value is -3.36. The Balaban J connectivity index is 1.95. The molecule has 0 aliphatic rings. The fourth-order valence-corrected chi connectivity index (χ4v) is 3.23. The van der Waals surface area contributed by atoms with Crippen LogP contribution < -0.4 is 10.7 Å². The Morgan fingerprint density at radius 3 is 2.58 bits per heavy atom. The third-order valence-electron chi connectivity index (χ3n) is 4.64. The zero-order chi connectivity index (χ0) is 22.3. The van der Waals surface area contributed by atoms with Gasteiger partial charge in [0, 0.05) is 10.7 Å². The lowest BCUT2D eigenvalue weighted by molar-refractivity contribution is 0.102. The van der Waals surface area contributed by atoms with E-state index in [0.717, 1.165) is 11.6 Å². The van der Waals surface area contributed by atoms with E-state index in [1.54, 1.807) is 13.0 Å². The van der Waals surface area contributed by atoms with Gasteiger partial charge in [-0.15, -0.1) is 0 Å². The molecule has 0 unspecified atom stereocenters. The number of nitrogens with one attached hydrogen (secondary N) is 1. The molecule has 0 fully saturated rings. The van der Waals surface area contributed by atoms with E-state index in [4.69, 9.17) is 23.2 Å². The molecule has 1 amide bonds. The third kappa shape index (κ3) is 3.99. The zero-order valence-corrected chi connectivity index (χ0v) is 17.8. The molecule has 31 heavy (non-hydrogen) atoms. The zero-order valence-electron chi connectivity index (χ0n) is 16.3. The van der Waals surface area contributed by atoms with E-state index in [1.165, 1.54) is 35.1 Å². The summed E-state index contributed by atoms with van der Waals surface area (Å²) in [7, 11) is 0. The number of carbonyl (C=O) groups excluding carboxylic acids is 1. The first-order valence-corrected chi connectivity index (χ1v) is 9.80. The Morgan fingerprint density at radius 1 is 1.13 bits per heavy atom. The summed E-state index contributed by atoms with van der Waals surface area (Å²) in [5.41, 5.74) is 0.838. The quantitative estimate of drug-likeness (QED) is 0.457. The topological polar surface area (TPSA) is 89.8 Å². The first-order valence-electron chi connectivity index (χ1n) is 9.04. The average Bonchev–Trinajstić information content (AvgIpc) is 2.72. The lowest BCUT2D eigenvalue weighted by Gasteiger charge is -2.14. The molecule has 0 saturated heterocycles. The maximum absolute atomic E-state index is 14.7. The van der Waals surface area contributed by atoms with Gasteiger partial charge < -0.3 is 5.32 Å². The van der Waals surface area contributed by atoms with Gasteiger partial charge in [-0.2, -0.15) is 5.10 Å². The normalized spacial score (nSPS) is 11.0. The summed E-state index contributed by atoms with van der Waals surface area (Å²) in [4.78, 5) is 34.1. The number of aromatic nitrogens is 4. The van der Waals surface area contributed by atoms with Gasteiger partial charge >= 0.3 is 0 Å². The smallest absolute Gasteiger partial charge is 0.280 e. The van der Waals surface area contributed by atoms with E-state index in [-0.39, 0.29) is 26.9 Å². The third-order valence-corrected chi connectivity index (χ3v) is 5.10. The SMILES string of the molecule is Cc1cc2c(nc1C)c(=O)c(C(=O)Nc1ccc(Cl)nc1)nn2-c1ccc(Cl)cc1F. The van der Waals surface area contributed by atoms with Crippen LogP contribution >= 0.6 is 23.2 Å². The van der Waals surface area contributed by atoms with Gasteiger partial charge in [0.1, 0.15) is 22.2 Å². The predicted octanol–water partition coefficient (Wildman–Crippen LogP) is 4.49. The molecular formula is C21H14Cl2FN5O2. The maximum atomic E-state index is 14.7. The number of anilines is 1. The van der Waals surface area contributed by atoms with Crippen molar-refractivity contribution in [1.82, 2.24) is 19.7 Å². The van der Waals surface area contributed by atoms with Crippen LogP contribution in [0, 0.1) is 19.7 Å². The highest BCUT2D eigenvalue weighted by atomic mass is 35.5. The van der Waals surface area contributed by atoms with Crippen LogP contribution in [0.1, 0.15) is 21.7 Å². The van der Waals surface area contributed by atoms with Crippen molar-refractivity contribution in [1.29, 1.82) is 0 Å². The van der Waals surface area contributed by atoms with Crippen molar-refractivity contribution in [2.75, 3.05) is 5.32 Å². The van der Waals surface area contributed by atoms with Crippen molar-refractivity contribution in [3.8, 4) is 5.69 Å². The number of fused-ring (bicyclic) bond motifs is 1. The highest BCUT2D eigenvalue weighted by Crippen LogP contribution is 2.22. The molecule has 0 aliphatic carbocycles. The van der Waals surface area contributed by atoms with Gasteiger partial charge in [-0.05, 0) is 55.8 Å². The molecule has 7 nitrogen and oxygen atoms in total. The standard InChI is InChI=1S/C21H14Cl2FN5O2/c1-10-7-16-18(26-11(10)2)20(30)19(21(31)27-13-4-6-17(23)25-9-13)28-29(16)15-5-3-12(22)8-14(15)24/h3-9H,1-2H3,(H,27,31). The number of rotatable bonds is 3. The molecule has 0 atom stereocenters. The van der Waals surface area contributed by atoms with Gasteiger partial charge in [-0.3, -0.25) is 9.59 Å². The Kier molecular flexibility index (Phi) is 5.43. The van der Waals surface area contributed by atoms with Crippen molar-refractivity contribution in [3.05, 3.63) is 85.8 Å². The number of aryl methyl sites for hydroxylation is 2. The van der Waals surface area contributed by atoms with E-state index in [1.807, 2.05) is 6.92 Å². The van der Waals surface area contributed by atoms with Crippen molar-refractivity contribution in [3.63, 3.8) is 0 Å². The van der Waals surface area contributed by atoms with Crippen LogP contribution in [-0.4, -0.2) is 25.7 Å². The fraction of sp³-hybridized carbons (Fsp3) is 0.0952. The molecule has 1 N–H and O–H groups in total. The van der Waals surface area contributed by atoms with Gasteiger partial charge in [-0.1, -0.05) is 23.2 Å². The molecule has 0 bridgehead atoms. The summed E-state index contributed by atoms with van der Waals surface area (Å²) in [6.45, 7) is 3.55. The van der Waals surface area contributed by atoms with Crippen molar-refractivity contribution in [2.45, 2.75) is 13.8 Å². The van der Waals surface area contributed by atoms with E-state index >= 15 is 0 Å². The second-order valence-electron chi connectivity index (χ2n) is 6.77. The van der Waals surface area contributed by atoms with Crippen LogP contribution in [0.2, 0.25) is 10.2 Å². The number of amides is 1. The lowest BCUT2D eigenvalue weighted by Crippen LogP contribution is -2.28. The van der Waals surface area contributed by atoms with Gasteiger partial charge in [0.15, 0.2) is 5.69 Å². The minimum atomic E-state index is -0.792. The molecule has 156 valence electrons. The molecule has 0 radical (unpaired) electrons. The van der Waals surface area contributed by atoms with Crippen LogP contribution in [0.25, 0.3) is 16.7 Å². The maximum Gasteiger partial charge on any atom is 0.280 e. The van der Waals surface area contributed by atoms with E-state index < -0.39 is 22.8 Å². The molecule has 4 rings (SSSR count). The summed E-state index contributed by atoms with van der Waals surface area (Å²) in [6, 6.07) is 8.70. The first-order chi connectivity index (χ1) is 14.7. The van der Waals surface area contributed by atoms with Crippen LogP contribution in [-0.2, 0) is 0 Å². The monoisotopic (exact) mass is 457 g/mol. The number of nitrogens with zero attached hydrogens (tertiary/aromatic N) is 4. The number of hydrogen-bond acceptors (Lipinski definition) is 5. The summed E-state index contributed by atoms with van der Waals surface area (Å²) in [5.74, 6) is -1.46. The molecule has 0 spiro atoms. The predicted molar refractivity (Wildman–Crippen MR) is 117 cm³/mol. The minimum absolute atomic E-state index is 0.00756. The van der Waals surface area contributed by atoms with Gasteiger partial charge in [0.2, 0.25) is 5.43 Å². The summed E-state index contributed by atoms with van der Waals surface area (Å²) in [6.07, 6.45) is 1.34. The lowest BCUT2D eigenvalue weighted by atomic mass is 10.1. The second-order valence-corrected chi connectivity index (χ2v) is 7.59. The van der Waals surface area contributed by atoms with Crippen LogP contribution in [0.5, 0.6) is 0 Å². The number of carbonyl (C=O) groups is 1. The second kappa shape index (κ2) is 8.05. The summed E-state index contributed by atoms with van der Waals surface area (Å²) < 4.78 is 15.9. The largest absolute Gasteiger partial charge is 0.319 e. The molecule has 0 aliphatic heterocycles. The van der Waals surface area contributed by atoms with Gasteiger partial charge in [-0.25, -0.2) is 19.0 Å². The number of pyridine rings is 2. The van der Waals surface area contributed by atoms with Crippen molar-refractivity contribution in [2.24, 2.45) is 0 Å². The Morgan fingerprint density at radius 2 is 1.90 bits per heavy atom.